The number of alkyl halides is 3. The second-order valence-corrected chi connectivity index (χ2v) is 7.58. The van der Waals surface area contributed by atoms with Gasteiger partial charge in [0.15, 0.2) is 6.61 Å². The predicted molar refractivity (Wildman–Crippen MR) is 104 cm³/mol. The molecule has 0 saturated heterocycles. The van der Waals surface area contributed by atoms with Crippen molar-refractivity contribution in [3.8, 4) is 5.75 Å². The largest absolute Gasteiger partial charge is 0.482 e. The minimum atomic E-state index is -4.40. The average Bonchev–Trinajstić information content (AvgIpc) is 3.45. The number of aryl methyl sites for hydroxylation is 1. The summed E-state index contributed by atoms with van der Waals surface area (Å²) < 4.78 is 43.7. The van der Waals surface area contributed by atoms with E-state index >= 15 is 0 Å². The van der Waals surface area contributed by atoms with Gasteiger partial charge in [-0.25, -0.2) is 4.98 Å². The van der Waals surface area contributed by atoms with E-state index in [0.717, 1.165) is 18.2 Å². The van der Waals surface area contributed by atoms with E-state index in [4.69, 9.17) is 4.74 Å². The minimum absolute atomic E-state index is 0.0960. The summed E-state index contributed by atoms with van der Waals surface area (Å²) in [5, 5.41) is 18.6. The molecule has 2 unspecified atom stereocenters. The van der Waals surface area contributed by atoms with Crippen molar-refractivity contribution in [2.75, 3.05) is 11.9 Å². The highest BCUT2D eigenvalue weighted by Crippen LogP contribution is 2.34. The van der Waals surface area contributed by atoms with Gasteiger partial charge in [0.2, 0.25) is 0 Å². The second kappa shape index (κ2) is 7.75. The smallest absolute Gasteiger partial charge is 0.422 e. The van der Waals surface area contributed by atoms with Crippen LogP contribution in [0.5, 0.6) is 5.75 Å². The van der Waals surface area contributed by atoms with Gasteiger partial charge in [0.25, 0.3) is 0 Å². The first kappa shape index (κ1) is 20.4. The van der Waals surface area contributed by atoms with Crippen molar-refractivity contribution in [1.29, 1.82) is 0 Å². The number of nitrogens with zero attached hydrogens (tertiary/aromatic N) is 4. The molecular formula is C20H22F3N5O2. The number of anilines is 1. The third-order valence-electron chi connectivity index (χ3n) is 5.10. The Morgan fingerprint density at radius 3 is 2.77 bits per heavy atom. The summed E-state index contributed by atoms with van der Waals surface area (Å²) in [5.74, 6) is 0.908. The molecule has 1 aliphatic carbocycles. The van der Waals surface area contributed by atoms with E-state index in [2.05, 4.69) is 20.4 Å². The van der Waals surface area contributed by atoms with Gasteiger partial charge in [-0.05, 0) is 44.4 Å². The fourth-order valence-electron chi connectivity index (χ4n) is 3.19. The maximum absolute atomic E-state index is 12.4. The standard InChI is InChI=1S/C20H22F3N5O2/c1-11-7-16(25-8-17(11)30-10-20(21,22)23)12(2)28-9-14-15(27-28)5-6-24-18(14)26-19(29)13-3-4-13/h5-9,12-13,19,29H,3-4,10H2,1-2H3,(H,24,26). The molecule has 2 atom stereocenters. The van der Waals surface area contributed by atoms with E-state index < -0.39 is 19.0 Å². The number of aromatic nitrogens is 4. The number of aliphatic hydroxyl groups excluding tert-OH is 1. The lowest BCUT2D eigenvalue weighted by atomic mass is 10.1. The van der Waals surface area contributed by atoms with Crippen LogP contribution in [-0.2, 0) is 0 Å². The molecule has 10 heteroatoms. The van der Waals surface area contributed by atoms with Gasteiger partial charge in [-0.3, -0.25) is 9.67 Å². The highest BCUT2D eigenvalue weighted by Gasteiger charge is 2.30. The molecule has 0 radical (unpaired) electrons. The molecule has 2 N–H and O–H groups in total. The SMILES string of the molecule is Cc1cc(C(C)n2cc3c(NC(O)C4CC4)nccc3n2)ncc1OCC(F)(F)F. The third-order valence-corrected chi connectivity index (χ3v) is 5.10. The molecule has 0 aliphatic heterocycles. The van der Waals surface area contributed by atoms with Crippen LogP contribution >= 0.6 is 0 Å². The average molecular weight is 421 g/mol. The Morgan fingerprint density at radius 2 is 2.10 bits per heavy atom. The van der Waals surface area contributed by atoms with Crippen LogP contribution in [0.3, 0.4) is 0 Å². The molecule has 0 aromatic carbocycles. The Hall–Kier alpha value is -2.88. The van der Waals surface area contributed by atoms with Gasteiger partial charge in [0.05, 0.1) is 28.8 Å². The number of hydrogen-bond acceptors (Lipinski definition) is 6. The third kappa shape index (κ3) is 4.48. The Morgan fingerprint density at radius 1 is 1.33 bits per heavy atom. The molecular weight excluding hydrogens is 399 g/mol. The van der Waals surface area contributed by atoms with Gasteiger partial charge >= 0.3 is 6.18 Å². The maximum Gasteiger partial charge on any atom is 0.422 e. The van der Waals surface area contributed by atoms with Gasteiger partial charge in [-0.2, -0.15) is 18.3 Å². The summed E-state index contributed by atoms with van der Waals surface area (Å²) in [6, 6.07) is 3.20. The number of rotatable bonds is 7. The summed E-state index contributed by atoms with van der Waals surface area (Å²) in [6.45, 7) is 2.21. The number of aliphatic hydroxyl groups is 1. The first-order valence-corrected chi connectivity index (χ1v) is 9.66. The molecule has 3 aromatic rings. The van der Waals surface area contributed by atoms with Gasteiger partial charge in [-0.1, -0.05) is 0 Å². The van der Waals surface area contributed by atoms with E-state index in [-0.39, 0.29) is 17.7 Å². The molecule has 1 fully saturated rings. The zero-order chi connectivity index (χ0) is 21.5. The molecule has 7 nitrogen and oxygen atoms in total. The zero-order valence-electron chi connectivity index (χ0n) is 16.5. The van der Waals surface area contributed by atoms with E-state index in [9.17, 15) is 18.3 Å². The fraction of sp³-hybridized carbons (Fsp3) is 0.450. The number of fused-ring (bicyclic) bond motifs is 1. The highest BCUT2D eigenvalue weighted by atomic mass is 19.4. The summed E-state index contributed by atoms with van der Waals surface area (Å²) in [5.41, 5.74) is 1.91. The van der Waals surface area contributed by atoms with Crippen LogP contribution in [0, 0.1) is 12.8 Å². The Kier molecular flexibility index (Phi) is 5.27. The lowest BCUT2D eigenvalue weighted by Crippen LogP contribution is -2.21. The number of nitrogens with one attached hydrogen (secondary N) is 1. The minimum Gasteiger partial charge on any atom is -0.482 e. The molecule has 0 amide bonds. The maximum atomic E-state index is 12.4. The van der Waals surface area contributed by atoms with E-state index in [1.54, 1.807) is 29.9 Å². The van der Waals surface area contributed by atoms with Gasteiger partial charge in [0.1, 0.15) is 17.8 Å². The van der Waals surface area contributed by atoms with Crippen LogP contribution in [-0.4, -0.2) is 43.9 Å². The molecule has 0 bridgehead atoms. The normalized spacial score (nSPS) is 16.5. The quantitative estimate of drug-likeness (QED) is 0.564. The Labute approximate surface area is 170 Å². The molecule has 3 aromatic heterocycles. The molecule has 1 saturated carbocycles. The van der Waals surface area contributed by atoms with Crippen molar-refractivity contribution in [2.45, 2.75) is 45.1 Å². The molecule has 4 rings (SSSR count). The van der Waals surface area contributed by atoms with Crippen LogP contribution in [0.4, 0.5) is 19.0 Å². The first-order chi connectivity index (χ1) is 14.2. The van der Waals surface area contributed by atoms with Crippen molar-refractivity contribution >= 4 is 16.7 Å². The van der Waals surface area contributed by atoms with E-state index in [1.165, 1.54) is 6.20 Å². The van der Waals surface area contributed by atoms with E-state index in [0.29, 0.717) is 22.6 Å². The van der Waals surface area contributed by atoms with Crippen molar-refractivity contribution in [1.82, 2.24) is 19.7 Å². The lowest BCUT2D eigenvalue weighted by Gasteiger charge is -2.15. The van der Waals surface area contributed by atoms with E-state index in [1.807, 2.05) is 13.1 Å². The van der Waals surface area contributed by atoms with Crippen molar-refractivity contribution in [2.24, 2.45) is 5.92 Å². The molecule has 0 spiro atoms. The first-order valence-electron chi connectivity index (χ1n) is 9.66. The molecule has 3 heterocycles. The molecule has 30 heavy (non-hydrogen) atoms. The number of pyridine rings is 2. The summed E-state index contributed by atoms with van der Waals surface area (Å²) in [4.78, 5) is 8.58. The van der Waals surface area contributed by atoms with Crippen LogP contribution < -0.4 is 10.1 Å². The molecule has 1 aliphatic rings. The van der Waals surface area contributed by atoms with Crippen molar-refractivity contribution < 1.29 is 23.0 Å². The van der Waals surface area contributed by atoms with Crippen LogP contribution in [0.1, 0.15) is 37.1 Å². The zero-order valence-corrected chi connectivity index (χ0v) is 16.5. The fourth-order valence-corrected chi connectivity index (χ4v) is 3.19. The summed E-state index contributed by atoms with van der Waals surface area (Å²) in [6.07, 6.45) is 1.69. The van der Waals surface area contributed by atoms with Crippen molar-refractivity contribution in [3.05, 3.63) is 42.0 Å². The lowest BCUT2D eigenvalue weighted by molar-refractivity contribution is -0.153. The van der Waals surface area contributed by atoms with Crippen molar-refractivity contribution in [3.63, 3.8) is 0 Å². The monoisotopic (exact) mass is 421 g/mol. The Bertz CT molecular complexity index is 1050. The summed E-state index contributed by atoms with van der Waals surface area (Å²) in [7, 11) is 0. The van der Waals surface area contributed by atoms with Gasteiger partial charge < -0.3 is 15.2 Å². The second-order valence-electron chi connectivity index (χ2n) is 7.58. The Balaban J connectivity index is 1.55. The van der Waals surface area contributed by atoms with Gasteiger partial charge in [0, 0.05) is 18.3 Å². The van der Waals surface area contributed by atoms with Crippen LogP contribution in [0.2, 0.25) is 0 Å². The summed E-state index contributed by atoms with van der Waals surface area (Å²) >= 11 is 0. The number of halogens is 3. The number of hydrogen-bond donors (Lipinski definition) is 2. The molecule has 160 valence electrons. The number of ether oxygens (including phenoxy) is 1. The van der Waals surface area contributed by atoms with Crippen LogP contribution in [0.15, 0.2) is 30.7 Å². The van der Waals surface area contributed by atoms with Gasteiger partial charge in [-0.15, -0.1) is 0 Å². The highest BCUT2D eigenvalue weighted by molar-refractivity contribution is 5.88. The predicted octanol–water partition coefficient (Wildman–Crippen LogP) is 3.83. The topological polar surface area (TPSA) is 85.1 Å². The van der Waals surface area contributed by atoms with Crippen LogP contribution in [0.25, 0.3) is 10.9 Å².